The van der Waals surface area contributed by atoms with Crippen LogP contribution in [0, 0.1) is 0 Å². The van der Waals surface area contributed by atoms with Crippen molar-refractivity contribution in [3.63, 3.8) is 0 Å². The fourth-order valence-electron chi connectivity index (χ4n) is 2.49. The molecule has 0 aliphatic rings. The van der Waals surface area contributed by atoms with Crippen molar-refractivity contribution < 1.29 is 9.30 Å². The molecule has 2 nitrogen and oxygen atoms in total. The molecule has 98 valence electrons. The molecule has 0 bridgehead atoms. The van der Waals surface area contributed by atoms with Crippen molar-refractivity contribution in [3.8, 4) is 5.75 Å². The van der Waals surface area contributed by atoms with Crippen LogP contribution in [0.1, 0.15) is 5.56 Å². The summed E-state index contributed by atoms with van der Waals surface area (Å²) < 4.78 is 7.57. The first-order chi connectivity index (χ1) is 9.78. The van der Waals surface area contributed by atoms with Gasteiger partial charge in [-0.1, -0.05) is 29.7 Å². The predicted octanol–water partition coefficient (Wildman–Crippen LogP) is 1.44. The van der Waals surface area contributed by atoms with Gasteiger partial charge in [-0.15, -0.1) is 0 Å². The smallest absolute Gasteiger partial charge is 0.213 e. The van der Waals surface area contributed by atoms with E-state index < -0.39 is 0 Å². The molecule has 2 aromatic carbocycles. The zero-order valence-electron chi connectivity index (χ0n) is 11.8. The minimum atomic E-state index is 0.885. The lowest BCUT2D eigenvalue weighted by molar-refractivity contribution is -0.662. The van der Waals surface area contributed by atoms with Crippen LogP contribution in [0.4, 0.5) is 0 Å². The largest absolute Gasteiger partial charge is 0.497 e. The number of methoxy groups -OCH3 is 1. The quantitative estimate of drug-likeness (QED) is 0.514. The Morgan fingerprint density at radius 3 is 2.70 bits per heavy atom. The molecule has 20 heavy (non-hydrogen) atoms. The molecule has 3 rings (SSSR count). The Morgan fingerprint density at radius 2 is 1.90 bits per heavy atom. The molecule has 0 unspecified atom stereocenters. The summed E-state index contributed by atoms with van der Waals surface area (Å²) in [5.74, 6) is 0.895. The van der Waals surface area contributed by atoms with Crippen molar-refractivity contribution in [2.45, 2.75) is 6.54 Å². The zero-order valence-corrected chi connectivity index (χ0v) is 11.8. The third kappa shape index (κ3) is 2.39. The van der Waals surface area contributed by atoms with Gasteiger partial charge in [-0.05, 0) is 18.2 Å². The molecule has 0 amide bonds. The van der Waals surface area contributed by atoms with Crippen LogP contribution >= 0.6 is 0 Å². The molecule has 3 aromatic rings. The van der Waals surface area contributed by atoms with E-state index in [9.17, 15) is 0 Å². The topological polar surface area (TPSA) is 13.1 Å². The average Bonchev–Trinajstić information content (AvgIpc) is 2.49. The van der Waals surface area contributed by atoms with E-state index in [4.69, 9.17) is 4.74 Å². The van der Waals surface area contributed by atoms with Crippen molar-refractivity contribution in [1.29, 1.82) is 0 Å². The molecular formula is C17H17BNO+. The lowest BCUT2D eigenvalue weighted by atomic mass is 9.90. The van der Waals surface area contributed by atoms with Crippen LogP contribution in [0.2, 0.25) is 0 Å². The van der Waals surface area contributed by atoms with E-state index in [-0.39, 0.29) is 0 Å². The number of nitrogens with zero attached hydrogens (tertiary/aromatic N) is 1. The minimum Gasteiger partial charge on any atom is -0.497 e. The SMILES string of the molecule is Bc1ccccc1C[n+]1cccc2cc(OC)ccc21. The minimum absolute atomic E-state index is 0.885. The molecule has 0 saturated carbocycles. The number of hydrogen-bond donors (Lipinski definition) is 0. The van der Waals surface area contributed by atoms with Gasteiger partial charge in [-0.3, -0.25) is 0 Å². The molecule has 0 aliphatic heterocycles. The molecule has 0 atom stereocenters. The van der Waals surface area contributed by atoms with Gasteiger partial charge in [-0.2, -0.15) is 4.57 Å². The lowest BCUT2D eigenvalue weighted by Crippen LogP contribution is -2.36. The second-order valence-corrected chi connectivity index (χ2v) is 4.99. The first-order valence-corrected chi connectivity index (χ1v) is 6.78. The van der Waals surface area contributed by atoms with Gasteiger partial charge < -0.3 is 4.74 Å². The lowest BCUT2D eigenvalue weighted by Gasteiger charge is -2.05. The van der Waals surface area contributed by atoms with E-state index in [1.165, 1.54) is 21.9 Å². The highest BCUT2D eigenvalue weighted by molar-refractivity contribution is 6.33. The van der Waals surface area contributed by atoms with E-state index in [2.05, 4.69) is 67.1 Å². The van der Waals surface area contributed by atoms with Crippen LogP contribution in [0.25, 0.3) is 10.9 Å². The van der Waals surface area contributed by atoms with Gasteiger partial charge in [0, 0.05) is 17.7 Å². The van der Waals surface area contributed by atoms with Crippen molar-refractivity contribution in [1.82, 2.24) is 0 Å². The highest BCUT2D eigenvalue weighted by atomic mass is 16.5. The first-order valence-electron chi connectivity index (χ1n) is 6.78. The summed E-state index contributed by atoms with van der Waals surface area (Å²) in [7, 11) is 3.86. The summed E-state index contributed by atoms with van der Waals surface area (Å²) in [6.45, 7) is 0.885. The average molecular weight is 262 g/mol. The fourth-order valence-corrected chi connectivity index (χ4v) is 2.49. The monoisotopic (exact) mass is 262 g/mol. The fraction of sp³-hybridized carbons (Fsp3) is 0.118. The van der Waals surface area contributed by atoms with Crippen LogP contribution in [-0.2, 0) is 6.54 Å². The Hall–Kier alpha value is -2.29. The number of rotatable bonds is 3. The number of hydrogen-bond acceptors (Lipinski definition) is 1. The standard InChI is InChI=1S/C17H17BNO/c1-20-15-8-9-17-13(11-15)6-4-10-19(17)12-14-5-2-3-7-16(14)18/h2-11H,12,18H2,1H3/q+1. The highest BCUT2D eigenvalue weighted by Crippen LogP contribution is 2.17. The molecule has 0 N–H and O–H groups in total. The van der Waals surface area contributed by atoms with Gasteiger partial charge in [0.05, 0.1) is 12.5 Å². The maximum absolute atomic E-state index is 5.29. The van der Waals surface area contributed by atoms with Crippen LogP contribution in [-0.4, -0.2) is 15.0 Å². The Morgan fingerprint density at radius 1 is 1.05 bits per heavy atom. The molecule has 0 radical (unpaired) electrons. The van der Waals surface area contributed by atoms with Crippen molar-refractivity contribution in [3.05, 3.63) is 66.4 Å². The molecule has 1 heterocycles. The van der Waals surface area contributed by atoms with E-state index in [1.54, 1.807) is 7.11 Å². The number of benzene rings is 2. The Labute approximate surface area is 120 Å². The van der Waals surface area contributed by atoms with Crippen molar-refractivity contribution in [2.75, 3.05) is 7.11 Å². The van der Waals surface area contributed by atoms with Crippen LogP contribution in [0.5, 0.6) is 5.75 Å². The number of ether oxygens (including phenoxy) is 1. The zero-order chi connectivity index (χ0) is 13.9. The molecule has 0 fully saturated rings. The normalized spacial score (nSPS) is 10.7. The van der Waals surface area contributed by atoms with Gasteiger partial charge in [0.2, 0.25) is 5.52 Å². The summed E-state index contributed by atoms with van der Waals surface area (Å²) in [6, 6.07) is 18.9. The Kier molecular flexibility index (Phi) is 3.42. The third-order valence-electron chi connectivity index (χ3n) is 3.69. The van der Waals surface area contributed by atoms with E-state index in [1.807, 2.05) is 6.07 Å². The van der Waals surface area contributed by atoms with Gasteiger partial charge >= 0.3 is 0 Å². The van der Waals surface area contributed by atoms with Crippen LogP contribution in [0.3, 0.4) is 0 Å². The van der Waals surface area contributed by atoms with Gasteiger partial charge in [0.15, 0.2) is 12.7 Å². The predicted molar refractivity (Wildman–Crippen MR) is 84.4 cm³/mol. The molecule has 1 aromatic heterocycles. The van der Waals surface area contributed by atoms with Gasteiger partial charge in [0.25, 0.3) is 0 Å². The summed E-state index contributed by atoms with van der Waals surface area (Å²) in [4.78, 5) is 0. The number of fused-ring (bicyclic) bond motifs is 1. The van der Waals surface area contributed by atoms with Crippen molar-refractivity contribution in [2.24, 2.45) is 0 Å². The third-order valence-corrected chi connectivity index (χ3v) is 3.69. The molecule has 0 aliphatic carbocycles. The molecular weight excluding hydrogens is 245 g/mol. The van der Waals surface area contributed by atoms with Gasteiger partial charge in [0.1, 0.15) is 13.6 Å². The number of aromatic nitrogens is 1. The van der Waals surface area contributed by atoms with E-state index >= 15 is 0 Å². The first kappa shape index (κ1) is 12.7. The van der Waals surface area contributed by atoms with E-state index in [0.717, 1.165) is 12.3 Å². The second-order valence-electron chi connectivity index (χ2n) is 4.99. The summed E-state index contributed by atoms with van der Waals surface area (Å²) in [5.41, 5.74) is 3.89. The Balaban J connectivity index is 2.06. The summed E-state index contributed by atoms with van der Waals surface area (Å²) >= 11 is 0. The maximum Gasteiger partial charge on any atom is 0.213 e. The summed E-state index contributed by atoms with van der Waals surface area (Å²) in [5, 5.41) is 1.19. The summed E-state index contributed by atoms with van der Waals surface area (Å²) in [6.07, 6.45) is 2.13. The highest BCUT2D eigenvalue weighted by Gasteiger charge is 2.10. The molecule has 0 saturated heterocycles. The molecule has 3 heteroatoms. The van der Waals surface area contributed by atoms with Crippen molar-refractivity contribution >= 4 is 24.2 Å². The molecule has 0 spiro atoms. The Bertz CT molecular complexity index is 755. The van der Waals surface area contributed by atoms with Crippen LogP contribution < -0.4 is 14.8 Å². The van der Waals surface area contributed by atoms with E-state index in [0.29, 0.717) is 0 Å². The second kappa shape index (κ2) is 5.37. The maximum atomic E-state index is 5.29. The van der Waals surface area contributed by atoms with Crippen LogP contribution in [0.15, 0.2) is 60.8 Å². The van der Waals surface area contributed by atoms with Gasteiger partial charge in [-0.25, -0.2) is 0 Å². The number of pyridine rings is 1.